The number of ether oxygens (including phenoxy) is 1. The molecule has 1 amide bonds. The summed E-state index contributed by atoms with van der Waals surface area (Å²) in [5.74, 6) is 0.629. The van der Waals surface area contributed by atoms with Crippen molar-refractivity contribution in [3.8, 4) is 5.75 Å². The molecule has 1 atom stereocenters. The zero-order chi connectivity index (χ0) is 22.3. The highest BCUT2D eigenvalue weighted by Crippen LogP contribution is 2.21. The predicted molar refractivity (Wildman–Crippen MR) is 121 cm³/mol. The van der Waals surface area contributed by atoms with Gasteiger partial charge in [0.1, 0.15) is 5.75 Å². The van der Waals surface area contributed by atoms with Gasteiger partial charge in [0.15, 0.2) is 0 Å². The highest BCUT2D eigenvalue weighted by Gasteiger charge is 2.28. The number of piperazine rings is 1. The maximum atomic E-state index is 13.4. The Labute approximate surface area is 186 Å². The molecule has 0 radical (unpaired) electrons. The molecule has 31 heavy (non-hydrogen) atoms. The largest absolute Gasteiger partial charge is 0.497 e. The number of sulfonamides is 1. The second kappa shape index (κ2) is 11.3. The van der Waals surface area contributed by atoms with Crippen LogP contribution < -0.4 is 10.1 Å². The highest BCUT2D eigenvalue weighted by atomic mass is 32.2. The fourth-order valence-corrected chi connectivity index (χ4v) is 5.70. The molecule has 0 unspecified atom stereocenters. The molecule has 1 aromatic carbocycles. The van der Waals surface area contributed by atoms with Crippen molar-refractivity contribution in [2.24, 2.45) is 0 Å². The van der Waals surface area contributed by atoms with Crippen LogP contribution in [-0.4, -0.2) is 93.9 Å². The van der Waals surface area contributed by atoms with E-state index in [1.165, 1.54) is 10.7 Å². The highest BCUT2D eigenvalue weighted by molar-refractivity contribution is 7.89. The molecular formula is C22H36N4O4S. The number of benzene rings is 1. The molecule has 1 N–H and O–H groups in total. The number of likely N-dealkylation sites (tertiary alicyclic amines) is 1. The molecule has 0 aliphatic carbocycles. The molecule has 8 nitrogen and oxygen atoms in total. The van der Waals surface area contributed by atoms with Gasteiger partial charge < -0.3 is 15.0 Å². The van der Waals surface area contributed by atoms with Crippen molar-refractivity contribution >= 4 is 15.9 Å². The second-order valence-corrected chi connectivity index (χ2v) is 10.3. The molecule has 0 spiro atoms. The minimum Gasteiger partial charge on any atom is -0.497 e. The number of piperidine rings is 1. The fraction of sp³-hybridized carbons (Fsp3) is 0.682. The van der Waals surface area contributed by atoms with Gasteiger partial charge in [-0.05, 0) is 50.6 Å². The lowest BCUT2D eigenvalue weighted by Gasteiger charge is -2.35. The molecule has 2 aliphatic heterocycles. The summed E-state index contributed by atoms with van der Waals surface area (Å²) < 4.78 is 33.5. The number of hydrogen-bond donors (Lipinski definition) is 1. The first-order valence-electron chi connectivity index (χ1n) is 11.3. The van der Waals surface area contributed by atoms with Crippen molar-refractivity contribution in [3.05, 3.63) is 24.3 Å². The van der Waals surface area contributed by atoms with Crippen molar-refractivity contribution in [3.63, 3.8) is 0 Å². The molecule has 0 aromatic heterocycles. The Morgan fingerprint density at radius 1 is 1.13 bits per heavy atom. The Kier molecular flexibility index (Phi) is 8.71. The van der Waals surface area contributed by atoms with Crippen LogP contribution in [0.5, 0.6) is 5.75 Å². The van der Waals surface area contributed by atoms with Crippen LogP contribution in [0.25, 0.3) is 0 Å². The first kappa shape index (κ1) is 24.0. The van der Waals surface area contributed by atoms with Crippen LogP contribution >= 0.6 is 0 Å². The van der Waals surface area contributed by atoms with Crippen molar-refractivity contribution in [1.29, 1.82) is 0 Å². The summed E-state index contributed by atoms with van der Waals surface area (Å²) >= 11 is 0. The smallest absolute Gasteiger partial charge is 0.243 e. The molecule has 0 saturated carbocycles. The number of rotatable bonds is 9. The van der Waals surface area contributed by atoms with Crippen molar-refractivity contribution in [2.75, 3.05) is 59.5 Å². The van der Waals surface area contributed by atoms with Gasteiger partial charge in [-0.25, -0.2) is 8.42 Å². The molecule has 1 aromatic rings. The van der Waals surface area contributed by atoms with E-state index in [0.717, 1.165) is 32.5 Å². The van der Waals surface area contributed by atoms with E-state index in [2.05, 4.69) is 17.1 Å². The van der Waals surface area contributed by atoms with Crippen LogP contribution in [0.4, 0.5) is 0 Å². The van der Waals surface area contributed by atoms with Gasteiger partial charge in [0.2, 0.25) is 15.9 Å². The van der Waals surface area contributed by atoms with Crippen LogP contribution in [0, 0.1) is 0 Å². The number of carbonyl (C=O) groups excluding carboxylic acids is 1. The predicted octanol–water partition coefficient (Wildman–Crippen LogP) is 1.38. The third-order valence-corrected chi connectivity index (χ3v) is 8.23. The topological polar surface area (TPSA) is 82.2 Å². The summed E-state index contributed by atoms with van der Waals surface area (Å²) in [4.78, 5) is 17.1. The van der Waals surface area contributed by atoms with Crippen LogP contribution in [0.2, 0.25) is 0 Å². The van der Waals surface area contributed by atoms with Gasteiger partial charge >= 0.3 is 0 Å². The van der Waals surface area contributed by atoms with Crippen molar-refractivity contribution in [1.82, 2.24) is 19.4 Å². The molecule has 2 saturated heterocycles. The van der Waals surface area contributed by atoms with Gasteiger partial charge in [-0.2, -0.15) is 4.31 Å². The fourth-order valence-electron chi connectivity index (χ4n) is 4.27. The molecule has 2 heterocycles. The molecule has 2 fully saturated rings. The van der Waals surface area contributed by atoms with E-state index in [-0.39, 0.29) is 23.8 Å². The average Bonchev–Trinajstić information content (AvgIpc) is 2.80. The quantitative estimate of drug-likeness (QED) is 0.610. The number of hydrogen-bond acceptors (Lipinski definition) is 6. The molecule has 174 valence electrons. The van der Waals surface area contributed by atoms with Gasteiger partial charge in [0.05, 0.1) is 12.0 Å². The van der Waals surface area contributed by atoms with E-state index in [9.17, 15) is 13.2 Å². The minimum absolute atomic E-state index is 0.0165. The number of methoxy groups -OCH3 is 1. The summed E-state index contributed by atoms with van der Waals surface area (Å²) in [6.45, 7) is 7.38. The van der Waals surface area contributed by atoms with Crippen LogP contribution in [0.15, 0.2) is 29.2 Å². The van der Waals surface area contributed by atoms with Crippen molar-refractivity contribution in [2.45, 2.75) is 43.5 Å². The Hall–Kier alpha value is -1.68. The molecular weight excluding hydrogens is 416 g/mol. The Balaban J connectivity index is 1.70. The standard InChI is InChI=1S/C22H36N4O4S/c1-19-5-3-4-13-24(19)17-18-26(14-10-22(27)25-15-11-23-12-16-25)31(28,29)21-8-6-20(30-2)7-9-21/h6-9,19,23H,3-5,10-18H2,1-2H3/t19-/m1/s1. The van der Waals surface area contributed by atoms with E-state index in [1.807, 2.05) is 4.90 Å². The Morgan fingerprint density at radius 3 is 2.48 bits per heavy atom. The van der Waals surface area contributed by atoms with Crippen molar-refractivity contribution < 1.29 is 17.9 Å². The third-order valence-electron chi connectivity index (χ3n) is 6.32. The maximum Gasteiger partial charge on any atom is 0.243 e. The maximum absolute atomic E-state index is 13.4. The number of carbonyl (C=O) groups is 1. The monoisotopic (exact) mass is 452 g/mol. The van der Waals surface area contributed by atoms with Crippen LogP contribution in [-0.2, 0) is 14.8 Å². The molecule has 0 bridgehead atoms. The van der Waals surface area contributed by atoms with Crippen LogP contribution in [0.3, 0.4) is 0 Å². The Morgan fingerprint density at radius 2 is 1.84 bits per heavy atom. The molecule has 9 heteroatoms. The van der Waals surface area contributed by atoms with E-state index >= 15 is 0 Å². The summed E-state index contributed by atoms with van der Waals surface area (Å²) in [6.07, 6.45) is 3.72. The minimum atomic E-state index is -3.70. The SMILES string of the molecule is COc1ccc(S(=O)(=O)N(CCC(=O)N2CCNCC2)CCN2CCCC[C@H]2C)cc1. The van der Waals surface area contributed by atoms with Gasteiger partial charge in [0, 0.05) is 58.3 Å². The summed E-state index contributed by atoms with van der Waals surface area (Å²) in [6, 6.07) is 6.92. The number of nitrogens with one attached hydrogen (secondary N) is 1. The number of nitrogens with zero attached hydrogens (tertiary/aromatic N) is 3. The van der Waals surface area contributed by atoms with Crippen LogP contribution in [0.1, 0.15) is 32.6 Å². The lowest BCUT2D eigenvalue weighted by atomic mass is 10.0. The zero-order valence-electron chi connectivity index (χ0n) is 18.8. The second-order valence-electron chi connectivity index (χ2n) is 8.34. The van der Waals surface area contributed by atoms with Gasteiger partial charge in [-0.3, -0.25) is 9.69 Å². The molecule has 2 aliphatic rings. The summed E-state index contributed by atoms with van der Waals surface area (Å²) in [5, 5.41) is 3.23. The molecule has 3 rings (SSSR count). The van der Waals surface area contributed by atoms with E-state index in [1.54, 1.807) is 31.4 Å². The first-order valence-corrected chi connectivity index (χ1v) is 12.7. The normalized spacial score (nSPS) is 20.7. The lowest BCUT2D eigenvalue weighted by molar-refractivity contribution is -0.131. The van der Waals surface area contributed by atoms with E-state index in [0.29, 0.717) is 38.0 Å². The van der Waals surface area contributed by atoms with Gasteiger partial charge in [-0.1, -0.05) is 6.42 Å². The van der Waals surface area contributed by atoms with Gasteiger partial charge in [-0.15, -0.1) is 0 Å². The summed E-state index contributed by atoms with van der Waals surface area (Å²) in [5.41, 5.74) is 0. The lowest BCUT2D eigenvalue weighted by Crippen LogP contribution is -2.48. The van der Waals surface area contributed by atoms with E-state index in [4.69, 9.17) is 4.74 Å². The van der Waals surface area contributed by atoms with Gasteiger partial charge in [0.25, 0.3) is 0 Å². The third kappa shape index (κ3) is 6.41. The summed E-state index contributed by atoms with van der Waals surface area (Å²) in [7, 11) is -2.15. The first-order chi connectivity index (χ1) is 14.9. The zero-order valence-corrected chi connectivity index (χ0v) is 19.6. The van der Waals surface area contributed by atoms with E-state index < -0.39 is 10.0 Å². The Bertz CT molecular complexity index is 809. The number of amides is 1. The average molecular weight is 453 g/mol.